The van der Waals surface area contributed by atoms with E-state index in [1.807, 2.05) is 78.9 Å². The van der Waals surface area contributed by atoms with E-state index in [0.29, 0.717) is 25.8 Å². The van der Waals surface area contributed by atoms with Gasteiger partial charge in [-0.3, -0.25) is 14.5 Å². The van der Waals surface area contributed by atoms with Gasteiger partial charge in [0.2, 0.25) is 20.7 Å². The largest absolute Gasteiger partial charge is 0.394 e. The molecule has 1 fully saturated rings. The molecule has 0 spiro atoms. The van der Waals surface area contributed by atoms with E-state index in [2.05, 4.69) is 6.92 Å². The predicted octanol–water partition coefficient (Wildman–Crippen LogP) is 6.20. The van der Waals surface area contributed by atoms with Crippen LogP contribution in [0.4, 0.5) is 15.5 Å². The lowest BCUT2D eigenvalue weighted by atomic mass is 9.93. The van der Waals surface area contributed by atoms with E-state index >= 15 is 4.11 Å². The van der Waals surface area contributed by atoms with Crippen molar-refractivity contribution < 1.29 is 23.5 Å². The monoisotopic (exact) mass is 588 g/mol. The van der Waals surface area contributed by atoms with Crippen LogP contribution in [0.25, 0.3) is 0 Å². The Morgan fingerprint density at radius 3 is 2.40 bits per heavy atom. The maximum Gasteiger partial charge on any atom is 0.246 e. The number of amides is 2. The fraction of sp³-hybridized carbons (Fsp3) is 0.412. The third-order valence-corrected chi connectivity index (χ3v) is 11.5. The zero-order valence-electron chi connectivity index (χ0n) is 24.7. The van der Waals surface area contributed by atoms with Crippen molar-refractivity contribution in [3.05, 3.63) is 95.6 Å². The van der Waals surface area contributed by atoms with Gasteiger partial charge in [0.15, 0.2) is 0 Å². The molecule has 0 radical (unpaired) electrons. The van der Waals surface area contributed by atoms with E-state index < -0.39 is 14.5 Å². The van der Waals surface area contributed by atoms with Gasteiger partial charge in [-0.15, -0.1) is 0 Å². The third kappa shape index (κ3) is 6.51. The minimum absolute atomic E-state index is 0.0239. The summed E-state index contributed by atoms with van der Waals surface area (Å²) in [7, 11) is -3.16. The number of hydrogen-bond donors (Lipinski definition) is 1. The molecule has 2 heterocycles. The van der Waals surface area contributed by atoms with E-state index in [0.717, 1.165) is 34.5 Å². The Hall–Kier alpha value is -3.33. The highest BCUT2D eigenvalue weighted by molar-refractivity contribution is 6.72. The van der Waals surface area contributed by atoms with Crippen LogP contribution in [0.1, 0.15) is 36.5 Å². The van der Waals surface area contributed by atoms with Crippen molar-refractivity contribution in [1.29, 1.82) is 0 Å². The van der Waals surface area contributed by atoms with Crippen LogP contribution in [-0.4, -0.2) is 55.6 Å². The molecular weight excluding hydrogens is 547 g/mol. The molecule has 2 amide bonds. The van der Waals surface area contributed by atoms with Gasteiger partial charge in [0.05, 0.1) is 31.3 Å². The molecular formula is C34H41FN2O4Si. The van der Waals surface area contributed by atoms with Gasteiger partial charge >= 0.3 is 0 Å². The molecule has 3 aromatic rings. The summed E-state index contributed by atoms with van der Waals surface area (Å²) in [5.74, 6) is -0.114. The van der Waals surface area contributed by atoms with Crippen molar-refractivity contribution in [2.75, 3.05) is 11.5 Å². The molecule has 42 heavy (non-hydrogen) atoms. The molecule has 0 aromatic heterocycles. The Balaban J connectivity index is 1.28. The lowest BCUT2D eigenvalue weighted by molar-refractivity contribution is -0.138. The van der Waals surface area contributed by atoms with Crippen LogP contribution >= 0.6 is 0 Å². The summed E-state index contributed by atoms with van der Waals surface area (Å²) >= 11 is 0. The highest BCUT2D eigenvalue weighted by Gasteiger charge is 2.52. The molecule has 6 nitrogen and oxygen atoms in total. The molecule has 5 atom stereocenters. The van der Waals surface area contributed by atoms with Gasteiger partial charge in [-0.1, -0.05) is 61.5 Å². The number of rotatable bonds is 10. The first kappa shape index (κ1) is 30.1. The molecule has 1 saturated heterocycles. The fourth-order valence-electron chi connectivity index (χ4n) is 6.94. The van der Waals surface area contributed by atoms with Gasteiger partial charge in [-0.25, -0.2) is 0 Å². The van der Waals surface area contributed by atoms with E-state index in [1.54, 1.807) is 22.9 Å². The molecule has 0 aliphatic carbocycles. The standard InChI is InChI=1S/C34H41FN2O4Si/c1-24-31(17-16-25-10-9-15-29(18-25)37(23-39)28-13-5-4-6-14-28)41-32(34(24)42(2,3)35)20-33(40)36-21-27-12-8-7-11-26(27)19-30(36)22-38/h4-15,18,23-24,30-32,34,38H,16-17,19-22H2,1-3H3/t24-,30+,31+,32-,34+/m1/s1. The molecule has 3 aromatic carbocycles. The van der Waals surface area contributed by atoms with Gasteiger partial charge in [0.25, 0.3) is 0 Å². The first-order valence-corrected chi connectivity index (χ1v) is 17.8. The smallest absolute Gasteiger partial charge is 0.246 e. The van der Waals surface area contributed by atoms with Gasteiger partial charge in [0.1, 0.15) is 0 Å². The Morgan fingerprint density at radius 1 is 1.02 bits per heavy atom. The SMILES string of the molecule is C[C@H]1[C@H]([Si](C)(C)F)[C@@H](CC(=O)N2Cc3ccccc3C[C@H]2CO)O[C@H]1CCc1cccc(N(C=O)c2ccccc2)c1. The minimum Gasteiger partial charge on any atom is -0.394 e. The van der Waals surface area contributed by atoms with Crippen LogP contribution in [0, 0.1) is 5.92 Å². The Labute approximate surface area is 249 Å². The number of carbonyl (C=O) groups is 2. The number of benzene rings is 3. The Kier molecular flexibility index (Phi) is 9.25. The summed E-state index contributed by atoms with van der Waals surface area (Å²) in [5, 5.41) is 10.1. The number of para-hydroxylation sites is 1. The molecule has 5 rings (SSSR count). The highest BCUT2D eigenvalue weighted by Crippen LogP contribution is 2.47. The first-order chi connectivity index (χ1) is 20.2. The summed E-state index contributed by atoms with van der Waals surface area (Å²) in [6, 6.07) is 25.1. The van der Waals surface area contributed by atoms with Gasteiger partial charge in [-0.05, 0) is 79.2 Å². The van der Waals surface area contributed by atoms with Crippen molar-refractivity contribution in [3.63, 3.8) is 0 Å². The zero-order chi connectivity index (χ0) is 29.9. The van der Waals surface area contributed by atoms with Crippen molar-refractivity contribution in [2.45, 2.75) is 76.0 Å². The lowest BCUT2D eigenvalue weighted by Gasteiger charge is -2.37. The topological polar surface area (TPSA) is 70.1 Å². The van der Waals surface area contributed by atoms with E-state index in [-0.39, 0.29) is 42.5 Å². The number of aliphatic hydroxyl groups is 1. The Bertz CT molecular complexity index is 1380. The highest BCUT2D eigenvalue weighted by atomic mass is 28.4. The average Bonchev–Trinajstić information content (AvgIpc) is 3.31. The maximum atomic E-state index is 15.8. The summed E-state index contributed by atoms with van der Waals surface area (Å²) in [4.78, 5) is 28.9. The number of hydrogen-bond acceptors (Lipinski definition) is 4. The van der Waals surface area contributed by atoms with Crippen LogP contribution in [0.5, 0.6) is 0 Å². The van der Waals surface area contributed by atoms with Crippen molar-refractivity contribution in [3.8, 4) is 0 Å². The average molecular weight is 589 g/mol. The quantitative estimate of drug-likeness (QED) is 0.174. The fourth-order valence-corrected chi connectivity index (χ4v) is 9.48. The van der Waals surface area contributed by atoms with Gasteiger partial charge in [0, 0.05) is 23.5 Å². The molecule has 1 N–H and O–H groups in total. The van der Waals surface area contributed by atoms with Gasteiger partial charge < -0.3 is 18.9 Å². The van der Waals surface area contributed by atoms with Gasteiger partial charge in [-0.2, -0.15) is 0 Å². The molecule has 8 heteroatoms. The predicted molar refractivity (Wildman–Crippen MR) is 166 cm³/mol. The molecule has 2 aliphatic heterocycles. The number of nitrogens with zero attached hydrogens (tertiary/aromatic N) is 2. The van der Waals surface area contributed by atoms with Crippen molar-refractivity contribution >= 4 is 32.1 Å². The van der Waals surface area contributed by atoms with Crippen LogP contribution < -0.4 is 4.90 Å². The maximum absolute atomic E-state index is 15.8. The zero-order valence-corrected chi connectivity index (χ0v) is 25.7. The summed E-state index contributed by atoms with van der Waals surface area (Å²) in [5.41, 5.74) is 4.60. The normalized spacial score (nSPS) is 23.8. The number of carbonyl (C=O) groups excluding carboxylic acids is 2. The number of fused-ring (bicyclic) bond motifs is 1. The van der Waals surface area contributed by atoms with E-state index in [4.69, 9.17) is 4.74 Å². The van der Waals surface area contributed by atoms with Crippen LogP contribution in [0.15, 0.2) is 78.9 Å². The van der Waals surface area contributed by atoms with Crippen molar-refractivity contribution in [1.82, 2.24) is 4.90 Å². The van der Waals surface area contributed by atoms with Crippen LogP contribution in [0.2, 0.25) is 18.6 Å². The summed E-state index contributed by atoms with van der Waals surface area (Å²) in [6.45, 7) is 5.83. The molecule has 0 saturated carbocycles. The molecule has 222 valence electrons. The lowest BCUT2D eigenvalue weighted by Crippen LogP contribution is -2.48. The number of aryl methyl sites for hydroxylation is 1. The van der Waals surface area contributed by atoms with E-state index in [1.165, 1.54) is 0 Å². The molecule has 0 unspecified atom stereocenters. The second kappa shape index (κ2) is 12.9. The first-order valence-electron chi connectivity index (χ1n) is 14.9. The Morgan fingerprint density at radius 2 is 1.71 bits per heavy atom. The van der Waals surface area contributed by atoms with Crippen LogP contribution in [0.3, 0.4) is 0 Å². The number of anilines is 2. The van der Waals surface area contributed by atoms with Crippen LogP contribution in [-0.2, 0) is 33.7 Å². The minimum atomic E-state index is -3.16. The molecule has 2 aliphatic rings. The second-order valence-electron chi connectivity index (χ2n) is 12.2. The summed E-state index contributed by atoms with van der Waals surface area (Å²) in [6.07, 6.45) is 2.28. The summed E-state index contributed by atoms with van der Waals surface area (Å²) < 4.78 is 22.3. The number of ether oxygens (including phenoxy) is 1. The molecule has 0 bridgehead atoms. The van der Waals surface area contributed by atoms with E-state index in [9.17, 15) is 14.7 Å². The van der Waals surface area contributed by atoms with Crippen molar-refractivity contribution in [2.24, 2.45) is 5.92 Å². The third-order valence-electron chi connectivity index (χ3n) is 9.00. The second-order valence-corrected chi connectivity index (χ2v) is 16.0. The number of halogens is 1. The number of aliphatic hydroxyl groups excluding tert-OH is 1.